The van der Waals surface area contributed by atoms with E-state index in [0.717, 1.165) is 5.41 Å². The molecule has 1 heterocycles. The van der Waals surface area contributed by atoms with Crippen molar-refractivity contribution in [2.45, 2.75) is 6.18 Å². The Hall–Kier alpha value is -1.02. The topological polar surface area (TPSA) is 63.4 Å². The molecule has 0 spiro atoms. The predicted octanol–water partition coefficient (Wildman–Crippen LogP) is 1.56. The van der Waals surface area contributed by atoms with Crippen molar-refractivity contribution in [2.24, 2.45) is 0 Å². The number of nitrogens with zero attached hydrogens (tertiary/aromatic N) is 1. The molecule has 86 valence electrons. The molecule has 0 aromatic carbocycles. The predicted molar refractivity (Wildman–Crippen MR) is 50.2 cm³/mol. The molecule has 1 unspecified atom stereocenters. The lowest BCUT2D eigenvalue weighted by Crippen LogP contribution is -2.12. The lowest BCUT2D eigenvalue weighted by molar-refractivity contribution is -0.418. The summed E-state index contributed by atoms with van der Waals surface area (Å²) in [4.78, 5) is 8.54. The van der Waals surface area contributed by atoms with Crippen molar-refractivity contribution < 1.29 is 23.2 Å². The monoisotopic (exact) mass is 243 g/mol. The van der Waals surface area contributed by atoms with Gasteiger partial charge in [0.05, 0.1) is 16.4 Å². The average Bonchev–Trinajstić information content (AvgIpc) is 2.48. The number of hydrogen-bond acceptors (Lipinski definition) is 3. The van der Waals surface area contributed by atoms with Crippen LogP contribution in [0.3, 0.4) is 0 Å². The summed E-state index contributed by atoms with van der Waals surface area (Å²) in [5, 5.41) is 19.8. The van der Waals surface area contributed by atoms with Crippen LogP contribution in [-0.2, 0) is 0 Å². The largest absolute Gasteiger partial charge is 0.421 e. The molecule has 1 N–H and O–H groups in total. The minimum absolute atomic E-state index is 0.0992. The zero-order valence-corrected chi connectivity index (χ0v) is 8.26. The second-order valence-corrected chi connectivity index (χ2v) is 4.88. The molecule has 1 atom stereocenters. The first-order valence-corrected chi connectivity index (χ1v) is 5.48. The molecule has 0 saturated carbocycles. The van der Waals surface area contributed by atoms with Gasteiger partial charge in [0, 0.05) is 17.2 Å². The van der Waals surface area contributed by atoms with Gasteiger partial charge in [-0.1, -0.05) is 0 Å². The fraction of sp³-hybridized carbons (Fsp3) is 0.429. The molecule has 15 heavy (non-hydrogen) atoms. The van der Waals surface area contributed by atoms with Crippen LogP contribution in [0.4, 0.5) is 13.2 Å². The smallest absolute Gasteiger partial charge is 0.396 e. The number of rotatable bonds is 3. The van der Waals surface area contributed by atoms with Crippen LogP contribution in [0.1, 0.15) is 0 Å². The molecule has 8 heteroatoms. The fourth-order valence-electron chi connectivity index (χ4n) is 1.13. The van der Waals surface area contributed by atoms with E-state index in [1.54, 1.807) is 0 Å². The molecule has 0 radical (unpaired) electrons. The zero-order chi connectivity index (χ0) is 11.6. The van der Waals surface area contributed by atoms with Gasteiger partial charge in [0.1, 0.15) is 0 Å². The van der Waals surface area contributed by atoms with E-state index in [4.69, 9.17) is 5.11 Å². The minimum atomic E-state index is -4.56. The van der Waals surface area contributed by atoms with E-state index in [1.807, 2.05) is 0 Å². The van der Waals surface area contributed by atoms with Crippen LogP contribution < -0.4 is 0 Å². The Morgan fingerprint density at radius 2 is 2.13 bits per heavy atom. The molecule has 0 aromatic rings. The molecule has 1 aliphatic rings. The van der Waals surface area contributed by atoms with Crippen molar-refractivity contribution >= 4 is 10.9 Å². The minimum Gasteiger partial charge on any atom is -0.396 e. The van der Waals surface area contributed by atoms with Gasteiger partial charge in [0.25, 0.3) is 5.70 Å². The Balaban J connectivity index is 2.96. The highest BCUT2D eigenvalue weighted by Gasteiger charge is 2.41. The number of aliphatic hydroxyl groups is 1. The lowest BCUT2D eigenvalue weighted by Gasteiger charge is -2.17. The van der Waals surface area contributed by atoms with Gasteiger partial charge < -0.3 is 5.11 Å². The van der Waals surface area contributed by atoms with Gasteiger partial charge in [-0.2, -0.15) is 24.1 Å². The quantitative estimate of drug-likeness (QED) is 0.449. The third-order valence-corrected chi connectivity index (χ3v) is 3.98. The third-order valence-electron chi connectivity index (χ3n) is 1.72. The second-order valence-electron chi connectivity index (χ2n) is 2.76. The number of alkyl halides is 3. The molecule has 0 fully saturated rings. The Morgan fingerprint density at radius 1 is 1.53 bits per heavy atom. The Labute approximate surface area is 85.6 Å². The number of thiol groups is 1. The molecule has 0 bridgehead atoms. The second kappa shape index (κ2) is 4.23. The molecular weight excluding hydrogens is 235 g/mol. The highest BCUT2D eigenvalue weighted by molar-refractivity contribution is 8.23. The van der Waals surface area contributed by atoms with E-state index < -0.39 is 39.2 Å². The molecular formula is C7H8F3NO3S. The number of aliphatic hydroxyl groups excluding tert-OH is 1. The van der Waals surface area contributed by atoms with Gasteiger partial charge in [-0.25, -0.2) is 0 Å². The third kappa shape index (κ3) is 2.72. The van der Waals surface area contributed by atoms with Gasteiger partial charge in [-0.3, -0.25) is 10.1 Å². The van der Waals surface area contributed by atoms with E-state index >= 15 is 0 Å². The van der Waals surface area contributed by atoms with Gasteiger partial charge in [-0.15, -0.1) is 0 Å². The summed E-state index contributed by atoms with van der Waals surface area (Å²) in [5.41, 5.74) is -0.540. The first kappa shape index (κ1) is 12.1. The molecule has 0 amide bonds. The van der Waals surface area contributed by atoms with Crippen molar-refractivity contribution in [1.82, 2.24) is 0 Å². The van der Waals surface area contributed by atoms with Gasteiger partial charge in [0.2, 0.25) is 0 Å². The molecule has 1 aliphatic heterocycles. The number of nitro groups is 1. The highest BCUT2D eigenvalue weighted by Crippen LogP contribution is 2.51. The van der Waals surface area contributed by atoms with Crippen molar-refractivity contribution in [2.75, 3.05) is 12.4 Å². The molecule has 0 aromatic heterocycles. The van der Waals surface area contributed by atoms with Crippen LogP contribution in [-0.4, -0.2) is 28.6 Å². The van der Waals surface area contributed by atoms with Crippen LogP contribution >= 0.6 is 10.9 Å². The first-order valence-electron chi connectivity index (χ1n) is 3.89. The number of allylic oxidation sites excluding steroid dienone is 2. The van der Waals surface area contributed by atoms with Crippen molar-refractivity contribution in [3.63, 3.8) is 0 Å². The van der Waals surface area contributed by atoms with Gasteiger partial charge >= 0.3 is 6.18 Å². The SMILES string of the molecule is O=[N+]([O-])C1=C[SH](CCO)C(C(F)(F)F)=C1. The molecule has 1 rings (SSSR count). The van der Waals surface area contributed by atoms with Crippen LogP contribution in [0.2, 0.25) is 0 Å². The zero-order valence-electron chi connectivity index (χ0n) is 7.36. The highest BCUT2D eigenvalue weighted by atomic mass is 32.2. The maximum absolute atomic E-state index is 12.4. The fourth-order valence-corrected chi connectivity index (χ4v) is 2.96. The summed E-state index contributed by atoms with van der Waals surface area (Å²) in [5.74, 6) is -0.0992. The van der Waals surface area contributed by atoms with Crippen molar-refractivity contribution in [3.05, 3.63) is 32.2 Å². The normalized spacial score (nSPS) is 23.6. The number of hydrogen-bond donors (Lipinski definition) is 2. The van der Waals surface area contributed by atoms with Gasteiger partial charge in [0.15, 0.2) is 0 Å². The summed E-state index contributed by atoms with van der Waals surface area (Å²) in [6, 6.07) is 0. The molecule has 0 aliphatic carbocycles. The van der Waals surface area contributed by atoms with Crippen LogP contribution in [0.15, 0.2) is 22.1 Å². The maximum Gasteiger partial charge on any atom is 0.421 e. The lowest BCUT2D eigenvalue weighted by atomic mass is 10.4. The summed E-state index contributed by atoms with van der Waals surface area (Å²) in [6.07, 6.45) is -4.02. The standard InChI is InChI=1S/C7H8F3NO3S/c8-7(9,10)6-3-5(11(13)14)4-15(6)2-1-12/h3-4,12,15H,1-2H2. The summed E-state index contributed by atoms with van der Waals surface area (Å²) >= 11 is 0. The number of halogens is 3. The van der Waals surface area contributed by atoms with E-state index in [0.29, 0.717) is 6.08 Å². The van der Waals surface area contributed by atoms with Crippen LogP contribution in [0.25, 0.3) is 0 Å². The van der Waals surface area contributed by atoms with Gasteiger partial charge in [-0.05, 0) is 0 Å². The van der Waals surface area contributed by atoms with E-state index in [9.17, 15) is 23.3 Å². The van der Waals surface area contributed by atoms with Crippen molar-refractivity contribution in [3.8, 4) is 0 Å². The maximum atomic E-state index is 12.4. The van der Waals surface area contributed by atoms with E-state index in [-0.39, 0.29) is 5.75 Å². The summed E-state index contributed by atoms with van der Waals surface area (Å²) in [7, 11) is -1.79. The summed E-state index contributed by atoms with van der Waals surface area (Å²) < 4.78 is 37.1. The van der Waals surface area contributed by atoms with Crippen LogP contribution in [0, 0.1) is 10.1 Å². The van der Waals surface area contributed by atoms with Crippen LogP contribution in [0.5, 0.6) is 0 Å². The molecule has 4 nitrogen and oxygen atoms in total. The van der Waals surface area contributed by atoms with E-state index in [1.165, 1.54) is 0 Å². The Kier molecular flexibility index (Phi) is 3.40. The summed E-state index contributed by atoms with van der Waals surface area (Å²) in [6.45, 7) is -0.416. The Bertz CT molecular complexity index is 337. The molecule has 0 saturated heterocycles. The average molecular weight is 243 g/mol. The van der Waals surface area contributed by atoms with Crippen molar-refractivity contribution in [1.29, 1.82) is 0 Å². The first-order chi connectivity index (χ1) is 6.86. The Morgan fingerprint density at radius 3 is 2.53 bits per heavy atom. The van der Waals surface area contributed by atoms with E-state index in [2.05, 4.69) is 0 Å².